The van der Waals surface area contributed by atoms with Crippen molar-refractivity contribution in [1.29, 1.82) is 0 Å². The fourth-order valence-corrected chi connectivity index (χ4v) is 3.54. The van der Waals surface area contributed by atoms with E-state index in [1.807, 2.05) is 36.4 Å². The van der Waals surface area contributed by atoms with Gasteiger partial charge in [0.1, 0.15) is 11.6 Å². The molecule has 140 valence electrons. The number of rotatable bonds is 7. The quantitative estimate of drug-likeness (QED) is 0.546. The molecule has 27 heavy (non-hydrogen) atoms. The largest absolute Gasteiger partial charge is 0.497 e. The van der Waals surface area contributed by atoms with Crippen LogP contribution < -0.4 is 10.1 Å². The molecule has 0 bridgehead atoms. The summed E-state index contributed by atoms with van der Waals surface area (Å²) in [6.07, 6.45) is 1.63. The maximum absolute atomic E-state index is 12.3. The zero-order valence-corrected chi connectivity index (χ0v) is 16.8. The van der Waals surface area contributed by atoms with E-state index in [2.05, 4.69) is 10.4 Å². The van der Waals surface area contributed by atoms with Gasteiger partial charge in [0, 0.05) is 11.0 Å². The van der Waals surface area contributed by atoms with Gasteiger partial charge in [-0.25, -0.2) is 4.68 Å². The standard InChI is InChI=1S/C19H17Cl2N3O2S/c1-26-14-5-3-6-15(10-14)27-12-18(25)23-17-8-9-22-24(17)11-13-4-2-7-16(20)19(13)21/h2-10H,11-12H2,1H3,(H,23,25). The van der Waals surface area contributed by atoms with Crippen LogP contribution in [-0.2, 0) is 11.3 Å². The van der Waals surface area contributed by atoms with Crippen LogP contribution in [0.5, 0.6) is 5.75 Å². The smallest absolute Gasteiger partial charge is 0.235 e. The highest BCUT2D eigenvalue weighted by molar-refractivity contribution is 8.00. The number of anilines is 1. The van der Waals surface area contributed by atoms with Crippen LogP contribution in [0.25, 0.3) is 0 Å². The number of nitrogens with zero attached hydrogens (tertiary/aromatic N) is 2. The Balaban J connectivity index is 1.62. The van der Waals surface area contributed by atoms with Crippen molar-refractivity contribution in [1.82, 2.24) is 9.78 Å². The summed E-state index contributed by atoms with van der Waals surface area (Å²) in [7, 11) is 1.61. The van der Waals surface area contributed by atoms with Crippen LogP contribution in [0.1, 0.15) is 5.56 Å². The normalized spacial score (nSPS) is 10.6. The molecule has 8 heteroatoms. The highest BCUT2D eigenvalue weighted by atomic mass is 35.5. The van der Waals surface area contributed by atoms with Crippen LogP contribution in [0.2, 0.25) is 10.0 Å². The van der Waals surface area contributed by atoms with Gasteiger partial charge in [-0.3, -0.25) is 4.79 Å². The zero-order valence-electron chi connectivity index (χ0n) is 14.5. The Bertz CT molecular complexity index is 946. The van der Waals surface area contributed by atoms with Crippen LogP contribution in [0.15, 0.2) is 59.6 Å². The molecule has 1 aromatic heterocycles. The summed E-state index contributed by atoms with van der Waals surface area (Å²) in [5.41, 5.74) is 0.828. The van der Waals surface area contributed by atoms with Crippen molar-refractivity contribution < 1.29 is 9.53 Å². The summed E-state index contributed by atoms with van der Waals surface area (Å²) < 4.78 is 6.86. The molecule has 0 saturated carbocycles. The summed E-state index contributed by atoms with van der Waals surface area (Å²) >= 11 is 13.7. The maximum Gasteiger partial charge on any atom is 0.235 e. The summed E-state index contributed by atoms with van der Waals surface area (Å²) in [5.74, 6) is 1.51. The number of hydrogen-bond acceptors (Lipinski definition) is 4. The van der Waals surface area contributed by atoms with Crippen molar-refractivity contribution in [2.75, 3.05) is 18.2 Å². The van der Waals surface area contributed by atoms with E-state index in [-0.39, 0.29) is 11.7 Å². The molecule has 5 nitrogen and oxygen atoms in total. The number of carbonyl (C=O) groups excluding carboxylic acids is 1. The number of benzene rings is 2. The first kappa shape index (κ1) is 19.6. The van der Waals surface area contributed by atoms with E-state index in [4.69, 9.17) is 27.9 Å². The minimum Gasteiger partial charge on any atom is -0.497 e. The number of nitrogens with one attached hydrogen (secondary N) is 1. The molecule has 0 radical (unpaired) electrons. The molecule has 0 aliphatic rings. The first-order valence-electron chi connectivity index (χ1n) is 8.08. The van der Waals surface area contributed by atoms with Crippen LogP contribution in [0.3, 0.4) is 0 Å². The Labute approximate surface area is 171 Å². The Morgan fingerprint density at radius 3 is 2.85 bits per heavy atom. The van der Waals surface area contributed by atoms with Crippen LogP contribution in [0.4, 0.5) is 5.82 Å². The Hall–Kier alpha value is -2.15. The predicted octanol–water partition coefficient (Wildman–Crippen LogP) is 4.98. The number of thioether (sulfide) groups is 1. The number of methoxy groups -OCH3 is 1. The third kappa shape index (κ3) is 5.19. The number of carbonyl (C=O) groups is 1. The Morgan fingerprint density at radius 1 is 1.22 bits per heavy atom. The lowest BCUT2D eigenvalue weighted by atomic mass is 10.2. The molecule has 0 saturated heterocycles. The summed E-state index contributed by atoms with van der Waals surface area (Å²) in [6, 6.07) is 14.8. The molecule has 1 heterocycles. The summed E-state index contributed by atoms with van der Waals surface area (Å²) in [4.78, 5) is 13.3. The molecule has 0 aliphatic carbocycles. The lowest BCUT2D eigenvalue weighted by Gasteiger charge is -2.11. The summed E-state index contributed by atoms with van der Waals surface area (Å²) in [6.45, 7) is 0.408. The van der Waals surface area contributed by atoms with Crippen molar-refractivity contribution in [2.45, 2.75) is 11.4 Å². The van der Waals surface area contributed by atoms with E-state index in [1.165, 1.54) is 11.8 Å². The third-order valence-electron chi connectivity index (χ3n) is 3.75. The van der Waals surface area contributed by atoms with E-state index in [9.17, 15) is 4.79 Å². The molecule has 2 aromatic carbocycles. The topological polar surface area (TPSA) is 56.1 Å². The van der Waals surface area contributed by atoms with Gasteiger partial charge in [-0.1, -0.05) is 41.4 Å². The number of amides is 1. The fraction of sp³-hybridized carbons (Fsp3) is 0.158. The van der Waals surface area contributed by atoms with E-state index >= 15 is 0 Å². The predicted molar refractivity (Wildman–Crippen MR) is 110 cm³/mol. The zero-order chi connectivity index (χ0) is 19.2. The van der Waals surface area contributed by atoms with E-state index < -0.39 is 0 Å². The van der Waals surface area contributed by atoms with Crippen LogP contribution >= 0.6 is 35.0 Å². The van der Waals surface area contributed by atoms with E-state index in [0.717, 1.165) is 16.2 Å². The molecule has 3 rings (SSSR count). The lowest BCUT2D eigenvalue weighted by molar-refractivity contribution is -0.113. The minimum absolute atomic E-state index is 0.123. The average molecular weight is 422 g/mol. The van der Waals surface area contributed by atoms with Gasteiger partial charge < -0.3 is 10.1 Å². The molecular formula is C19H17Cl2N3O2S. The number of aromatic nitrogens is 2. The second kappa shape index (κ2) is 9.17. The van der Waals surface area contributed by atoms with Crippen LogP contribution in [0, 0.1) is 0 Å². The van der Waals surface area contributed by atoms with Crippen molar-refractivity contribution in [3.63, 3.8) is 0 Å². The van der Waals surface area contributed by atoms with Gasteiger partial charge in [0.2, 0.25) is 5.91 Å². The molecule has 0 unspecified atom stereocenters. The molecule has 0 spiro atoms. The minimum atomic E-state index is -0.123. The summed E-state index contributed by atoms with van der Waals surface area (Å²) in [5, 5.41) is 8.10. The molecule has 3 aromatic rings. The number of hydrogen-bond donors (Lipinski definition) is 1. The average Bonchev–Trinajstić information content (AvgIpc) is 3.10. The Kier molecular flexibility index (Phi) is 6.66. The van der Waals surface area contributed by atoms with Gasteiger partial charge >= 0.3 is 0 Å². The second-order valence-corrected chi connectivity index (χ2v) is 7.44. The first-order chi connectivity index (χ1) is 13.1. The SMILES string of the molecule is COc1cccc(SCC(=O)Nc2ccnn2Cc2cccc(Cl)c2Cl)c1. The molecular weight excluding hydrogens is 405 g/mol. The maximum atomic E-state index is 12.3. The van der Waals surface area contributed by atoms with Gasteiger partial charge in [0.05, 0.1) is 35.6 Å². The fourth-order valence-electron chi connectivity index (χ4n) is 2.42. The van der Waals surface area contributed by atoms with Gasteiger partial charge in [0.25, 0.3) is 0 Å². The van der Waals surface area contributed by atoms with Gasteiger partial charge in [-0.05, 0) is 29.8 Å². The van der Waals surface area contributed by atoms with Gasteiger partial charge in [-0.2, -0.15) is 5.10 Å². The molecule has 0 aliphatic heterocycles. The van der Waals surface area contributed by atoms with Crippen molar-refractivity contribution in [2.24, 2.45) is 0 Å². The Morgan fingerprint density at radius 2 is 2.04 bits per heavy atom. The molecule has 1 N–H and O–H groups in total. The van der Waals surface area contributed by atoms with E-state index in [1.54, 1.807) is 30.1 Å². The van der Waals surface area contributed by atoms with Crippen LogP contribution in [-0.4, -0.2) is 28.6 Å². The third-order valence-corrected chi connectivity index (χ3v) is 5.60. The lowest BCUT2D eigenvalue weighted by Crippen LogP contribution is -2.18. The molecule has 1 amide bonds. The number of halogens is 2. The van der Waals surface area contributed by atoms with Crippen molar-refractivity contribution in [3.8, 4) is 5.75 Å². The molecule has 0 fully saturated rings. The van der Waals surface area contributed by atoms with Gasteiger partial charge in [-0.15, -0.1) is 11.8 Å². The first-order valence-corrected chi connectivity index (χ1v) is 9.82. The molecule has 0 atom stereocenters. The highest BCUT2D eigenvalue weighted by Crippen LogP contribution is 2.27. The van der Waals surface area contributed by atoms with Crippen molar-refractivity contribution in [3.05, 3.63) is 70.3 Å². The van der Waals surface area contributed by atoms with E-state index in [0.29, 0.717) is 22.4 Å². The van der Waals surface area contributed by atoms with Crippen molar-refractivity contribution >= 4 is 46.7 Å². The van der Waals surface area contributed by atoms with Gasteiger partial charge in [0.15, 0.2) is 0 Å². The second-order valence-electron chi connectivity index (χ2n) is 5.60. The monoisotopic (exact) mass is 421 g/mol. The highest BCUT2D eigenvalue weighted by Gasteiger charge is 2.11. The number of ether oxygens (including phenoxy) is 1.